The van der Waals surface area contributed by atoms with E-state index in [1.807, 2.05) is 6.07 Å². The third-order valence-electron chi connectivity index (χ3n) is 6.79. The van der Waals surface area contributed by atoms with Crippen molar-refractivity contribution in [2.75, 3.05) is 12.3 Å². The maximum absolute atomic E-state index is 15.4. The number of benzene rings is 2. The first-order valence-corrected chi connectivity index (χ1v) is 13.1. The molecule has 10 nitrogen and oxygen atoms in total. The molecule has 0 spiro atoms. The number of ether oxygens (including phenoxy) is 1. The molecule has 42 heavy (non-hydrogen) atoms. The molecular formula is C29H27F3N8O2. The topological polar surface area (TPSA) is 149 Å². The quantitative estimate of drug-likeness (QED) is 0.242. The zero-order chi connectivity index (χ0) is 30.2. The zero-order valence-corrected chi connectivity index (χ0v) is 22.8. The van der Waals surface area contributed by atoms with Crippen LogP contribution in [0.2, 0.25) is 0 Å². The number of likely N-dealkylation sites (tertiary alicyclic amines) is 1. The van der Waals surface area contributed by atoms with Gasteiger partial charge in [-0.2, -0.15) is 14.8 Å². The Morgan fingerprint density at radius 1 is 1.21 bits per heavy atom. The van der Waals surface area contributed by atoms with Crippen molar-refractivity contribution >= 4 is 22.8 Å². The monoisotopic (exact) mass is 576 g/mol. The lowest BCUT2D eigenvalue weighted by atomic mass is 10.0. The van der Waals surface area contributed by atoms with E-state index in [1.54, 1.807) is 18.7 Å². The Labute approximate surface area is 239 Å². The molecule has 1 aliphatic heterocycles. The first-order valence-electron chi connectivity index (χ1n) is 13.1. The molecule has 1 aliphatic rings. The molecule has 4 N–H and O–H groups in total. The van der Waals surface area contributed by atoms with Gasteiger partial charge in [0.1, 0.15) is 41.0 Å². The fraction of sp³-hybridized carbons (Fsp3) is 0.276. The molecule has 2 aromatic carbocycles. The number of nitriles is 1. The number of halogens is 3. The smallest absolute Gasteiger partial charge is 0.264 e. The molecule has 5 rings (SSSR count). The summed E-state index contributed by atoms with van der Waals surface area (Å²) in [7, 11) is 0. The van der Waals surface area contributed by atoms with Crippen LogP contribution in [-0.2, 0) is 11.3 Å². The van der Waals surface area contributed by atoms with Gasteiger partial charge in [-0.15, -0.1) is 0 Å². The summed E-state index contributed by atoms with van der Waals surface area (Å²) in [6, 6.07) is 8.86. The lowest BCUT2D eigenvalue weighted by Crippen LogP contribution is -2.40. The van der Waals surface area contributed by atoms with Gasteiger partial charge in [-0.05, 0) is 57.0 Å². The molecule has 3 heterocycles. The number of anilines is 1. The van der Waals surface area contributed by atoms with E-state index in [-0.39, 0.29) is 41.0 Å². The van der Waals surface area contributed by atoms with Crippen LogP contribution in [0, 0.1) is 28.8 Å². The van der Waals surface area contributed by atoms with E-state index in [0.29, 0.717) is 30.4 Å². The van der Waals surface area contributed by atoms with Crippen LogP contribution in [-0.4, -0.2) is 48.7 Å². The standard InChI is InChI=1S/C29H27F3N8O2/c1-29(2,35)12-16(13-33)28(41)39-10-4-5-17(39)14-40-27-23(26(34)36-15-37-27)25(38-40)19-9-8-18(11-21(19)31)42-22-7-3-6-20(30)24(22)32/h3,6-9,11-12,15,17H,4-5,10,14,35H2,1-2H3,(H2,34,36,37)/b16-12-/t17-/m0/s1. The van der Waals surface area contributed by atoms with E-state index in [1.165, 1.54) is 41.4 Å². The van der Waals surface area contributed by atoms with Gasteiger partial charge in [0.05, 0.1) is 18.0 Å². The number of carbonyl (C=O) groups is 1. The van der Waals surface area contributed by atoms with Crippen molar-refractivity contribution in [2.45, 2.75) is 44.8 Å². The fourth-order valence-corrected chi connectivity index (χ4v) is 4.95. The summed E-state index contributed by atoms with van der Waals surface area (Å²) < 4.78 is 50.0. The van der Waals surface area contributed by atoms with E-state index in [2.05, 4.69) is 15.1 Å². The molecule has 0 saturated carbocycles. The molecule has 13 heteroatoms. The molecule has 1 atom stereocenters. The molecule has 216 valence electrons. The van der Waals surface area contributed by atoms with Crippen LogP contribution in [0.5, 0.6) is 11.5 Å². The number of nitrogens with zero attached hydrogens (tertiary/aromatic N) is 6. The summed E-state index contributed by atoms with van der Waals surface area (Å²) in [5.41, 5.74) is 11.8. The van der Waals surface area contributed by atoms with Gasteiger partial charge < -0.3 is 21.1 Å². The van der Waals surface area contributed by atoms with E-state index < -0.39 is 34.6 Å². The number of hydrogen-bond acceptors (Lipinski definition) is 8. The summed E-state index contributed by atoms with van der Waals surface area (Å²) in [5, 5.41) is 14.5. The molecule has 0 aliphatic carbocycles. The van der Waals surface area contributed by atoms with Gasteiger partial charge in [0.25, 0.3) is 5.91 Å². The Morgan fingerprint density at radius 3 is 2.71 bits per heavy atom. The third-order valence-corrected chi connectivity index (χ3v) is 6.79. The molecule has 0 unspecified atom stereocenters. The molecule has 1 amide bonds. The minimum Gasteiger partial charge on any atom is -0.454 e. The lowest BCUT2D eigenvalue weighted by Gasteiger charge is -2.25. The Hall–Kier alpha value is -4.96. The van der Waals surface area contributed by atoms with Crippen molar-refractivity contribution in [2.24, 2.45) is 5.73 Å². The maximum atomic E-state index is 15.4. The zero-order valence-electron chi connectivity index (χ0n) is 22.8. The number of fused-ring (bicyclic) bond motifs is 1. The molecule has 0 radical (unpaired) electrons. The van der Waals surface area contributed by atoms with Crippen LogP contribution >= 0.6 is 0 Å². The average Bonchev–Trinajstić information content (AvgIpc) is 3.55. The minimum atomic E-state index is -1.19. The molecule has 0 bridgehead atoms. The normalized spacial score (nSPS) is 15.7. The van der Waals surface area contributed by atoms with Gasteiger partial charge >= 0.3 is 0 Å². The van der Waals surface area contributed by atoms with Crippen LogP contribution in [0.3, 0.4) is 0 Å². The summed E-state index contributed by atoms with van der Waals surface area (Å²) in [4.78, 5) is 23.2. The second-order valence-electron chi connectivity index (χ2n) is 10.6. The van der Waals surface area contributed by atoms with Crippen molar-refractivity contribution in [3.63, 3.8) is 0 Å². The number of hydrogen-bond donors (Lipinski definition) is 2. The largest absolute Gasteiger partial charge is 0.454 e. The predicted octanol–water partition coefficient (Wildman–Crippen LogP) is 4.46. The van der Waals surface area contributed by atoms with Crippen LogP contribution in [0.1, 0.15) is 26.7 Å². The maximum Gasteiger partial charge on any atom is 0.264 e. The van der Waals surface area contributed by atoms with Crippen molar-refractivity contribution in [1.82, 2.24) is 24.6 Å². The lowest BCUT2D eigenvalue weighted by molar-refractivity contribution is -0.127. The van der Waals surface area contributed by atoms with Crippen molar-refractivity contribution in [3.8, 4) is 28.8 Å². The Balaban J connectivity index is 1.48. The molecule has 4 aromatic rings. The number of amides is 1. The summed E-state index contributed by atoms with van der Waals surface area (Å²) in [6.07, 6.45) is 4.06. The number of nitrogens with two attached hydrogens (primary N) is 2. The van der Waals surface area contributed by atoms with E-state index in [0.717, 1.165) is 12.1 Å². The average molecular weight is 577 g/mol. The van der Waals surface area contributed by atoms with E-state index in [9.17, 15) is 18.8 Å². The Morgan fingerprint density at radius 2 is 2.00 bits per heavy atom. The van der Waals surface area contributed by atoms with E-state index in [4.69, 9.17) is 16.2 Å². The van der Waals surface area contributed by atoms with Crippen molar-refractivity contribution in [1.29, 1.82) is 5.26 Å². The summed E-state index contributed by atoms with van der Waals surface area (Å²) >= 11 is 0. The third kappa shape index (κ3) is 5.61. The highest BCUT2D eigenvalue weighted by molar-refractivity contribution is 5.99. The SMILES string of the molecule is CC(C)(N)/C=C(/C#N)C(=O)N1CCC[C@H]1Cn1nc(-c2ccc(Oc3cccc(F)c3F)cc2F)c2c(N)ncnc21. The second-order valence-corrected chi connectivity index (χ2v) is 10.6. The molecule has 1 fully saturated rings. The highest BCUT2D eigenvalue weighted by Crippen LogP contribution is 2.35. The first kappa shape index (κ1) is 28.6. The number of carbonyl (C=O) groups excluding carboxylic acids is 1. The van der Waals surface area contributed by atoms with Crippen LogP contribution in [0.15, 0.2) is 54.4 Å². The minimum absolute atomic E-state index is 0.0468. The van der Waals surface area contributed by atoms with Crippen molar-refractivity contribution < 1.29 is 22.7 Å². The molecule has 1 saturated heterocycles. The van der Waals surface area contributed by atoms with Gasteiger partial charge in [0.15, 0.2) is 17.2 Å². The van der Waals surface area contributed by atoms with Crippen LogP contribution in [0.4, 0.5) is 19.0 Å². The van der Waals surface area contributed by atoms with Crippen molar-refractivity contribution in [3.05, 3.63) is 71.8 Å². The number of nitrogen functional groups attached to an aromatic ring is 1. The van der Waals surface area contributed by atoms with Gasteiger partial charge in [0, 0.05) is 23.7 Å². The summed E-state index contributed by atoms with van der Waals surface area (Å²) in [6.45, 7) is 4.03. The highest BCUT2D eigenvalue weighted by atomic mass is 19.2. The highest BCUT2D eigenvalue weighted by Gasteiger charge is 2.33. The van der Waals surface area contributed by atoms with Gasteiger partial charge in [-0.3, -0.25) is 4.79 Å². The fourth-order valence-electron chi connectivity index (χ4n) is 4.95. The Bertz CT molecular complexity index is 1760. The number of rotatable bonds is 7. The Kier molecular flexibility index (Phi) is 7.57. The van der Waals surface area contributed by atoms with E-state index >= 15 is 4.39 Å². The van der Waals surface area contributed by atoms with Gasteiger partial charge in [-0.1, -0.05) is 6.07 Å². The second kappa shape index (κ2) is 11.1. The van der Waals surface area contributed by atoms with Crippen LogP contribution in [0.25, 0.3) is 22.3 Å². The van der Waals surface area contributed by atoms with Gasteiger partial charge in [0.2, 0.25) is 5.82 Å². The van der Waals surface area contributed by atoms with Crippen LogP contribution < -0.4 is 16.2 Å². The van der Waals surface area contributed by atoms with Gasteiger partial charge in [-0.25, -0.2) is 23.4 Å². The molecule has 2 aromatic heterocycles. The first-order chi connectivity index (χ1) is 20.0. The predicted molar refractivity (Wildman–Crippen MR) is 148 cm³/mol. The number of aromatic nitrogens is 4. The molecular weight excluding hydrogens is 549 g/mol. The summed E-state index contributed by atoms with van der Waals surface area (Å²) in [5.74, 6) is -3.86.